The number of anilines is 6. The number of nitrogens with zero attached hydrogens (tertiary/aromatic N) is 2. The molecule has 13 aromatic rings. The molecule has 2 aliphatic heterocycles. The van der Waals surface area contributed by atoms with Gasteiger partial charge in [0.05, 0.1) is 0 Å². The van der Waals surface area contributed by atoms with Crippen LogP contribution in [-0.2, 0) is 0 Å². The van der Waals surface area contributed by atoms with E-state index in [4.69, 9.17) is 4.42 Å². The van der Waals surface area contributed by atoms with E-state index in [0.29, 0.717) is 0 Å². The lowest BCUT2D eigenvalue weighted by molar-refractivity contribution is 0.669. The van der Waals surface area contributed by atoms with Crippen LogP contribution in [0.3, 0.4) is 0 Å². The van der Waals surface area contributed by atoms with Gasteiger partial charge in [-0.05, 0) is 124 Å². The summed E-state index contributed by atoms with van der Waals surface area (Å²) in [5, 5.41) is 13.0. The van der Waals surface area contributed by atoms with Crippen molar-refractivity contribution in [1.29, 1.82) is 0 Å². The van der Waals surface area contributed by atoms with E-state index >= 15 is 0 Å². The molecule has 0 N–H and O–H groups in total. The predicted octanol–water partition coefficient (Wildman–Crippen LogP) is 13.2. The first-order chi connectivity index (χ1) is 38.2. The first-order valence-corrected chi connectivity index (χ1v) is 30.6. The first-order valence-electron chi connectivity index (χ1n) is 26.6. The maximum Gasteiger partial charge on any atom is 0.184 e. The van der Waals surface area contributed by atoms with Crippen molar-refractivity contribution in [3.8, 4) is 22.3 Å². The summed E-state index contributed by atoms with van der Waals surface area (Å²) in [7, 11) is -5.85. The molecule has 5 heteroatoms. The summed E-state index contributed by atoms with van der Waals surface area (Å²) in [6.07, 6.45) is 0. The lowest BCUT2D eigenvalue weighted by Crippen LogP contribution is -2.77. The van der Waals surface area contributed by atoms with Gasteiger partial charge < -0.3 is 14.2 Å². The second-order valence-corrected chi connectivity index (χ2v) is 27.8. The van der Waals surface area contributed by atoms with Crippen LogP contribution < -0.4 is 51.3 Å². The molecule has 3 heterocycles. The minimum Gasteiger partial charge on any atom is -0.456 e. The molecular weight excluding hydrogens is 965 g/mol. The zero-order valence-electron chi connectivity index (χ0n) is 42.2. The second-order valence-electron chi connectivity index (χ2n) is 20.3. The summed E-state index contributed by atoms with van der Waals surface area (Å²) in [5.41, 5.74) is 13.5. The lowest BCUT2D eigenvalue weighted by Gasteiger charge is -2.45. The maximum atomic E-state index is 6.82. The van der Waals surface area contributed by atoms with E-state index in [0.717, 1.165) is 33.3 Å². The molecule has 0 bridgehead atoms. The number of rotatable bonds is 8. The molecule has 0 unspecified atom stereocenters. The van der Waals surface area contributed by atoms with Crippen molar-refractivity contribution in [1.82, 2.24) is 0 Å². The van der Waals surface area contributed by atoms with E-state index < -0.39 is 16.1 Å². The molecule has 0 saturated carbocycles. The Bertz CT molecular complexity index is 3980. The van der Waals surface area contributed by atoms with Crippen LogP contribution in [0.4, 0.5) is 34.1 Å². The van der Waals surface area contributed by atoms with Crippen molar-refractivity contribution in [3.63, 3.8) is 0 Å². The molecule has 0 spiro atoms. The molecule has 1 aromatic heterocycles. The summed E-state index contributed by atoms with van der Waals surface area (Å²) in [6.45, 7) is 0. The summed E-state index contributed by atoms with van der Waals surface area (Å²) in [4.78, 5) is 5.02. The molecule has 3 nitrogen and oxygen atoms in total. The van der Waals surface area contributed by atoms with Crippen molar-refractivity contribution in [3.05, 3.63) is 303 Å². The standard InChI is InChI=1S/C72H50N2OSi2/c1-7-23-51(24-8-1)53-39-43-65-71(47-53)76(57-27-11-3-12-28-57,58-29-13-4-14-30-58)69-37-21-19-35-63(69)73(65)55-41-45-67-61(49-55)62-50-56(42-46-68(62)75-67)74-64-36-20-22-38-70(64)77(59-31-15-5-16-32-59,60-33-17-6-18-34-60)72-48-54(40-44-66(72)74)52-25-9-2-10-26-52/h1-50H. The zero-order chi connectivity index (χ0) is 50.9. The number of benzene rings is 12. The fourth-order valence-electron chi connectivity index (χ4n) is 13.1. The van der Waals surface area contributed by atoms with Crippen LogP contribution in [0.5, 0.6) is 0 Å². The SMILES string of the molecule is c1ccc(-c2ccc3c(c2)[Si](c2ccccc2)(c2ccccc2)c2ccccc2N3c2ccc3oc4ccc(N5c6ccccc6[Si](c6ccccc6)(c6ccccc6)c6cc(-c7ccccc7)ccc65)cc4c3c2)cc1. The molecule has 15 rings (SSSR count). The van der Waals surface area contributed by atoms with Crippen LogP contribution in [0, 0.1) is 0 Å². The third-order valence-corrected chi connectivity index (χ3v) is 26.1. The van der Waals surface area contributed by atoms with Crippen molar-refractivity contribution in [2.24, 2.45) is 0 Å². The monoisotopic (exact) mass is 1010 g/mol. The molecule has 362 valence electrons. The van der Waals surface area contributed by atoms with Gasteiger partial charge in [-0.3, -0.25) is 0 Å². The quantitative estimate of drug-likeness (QED) is 0.141. The topological polar surface area (TPSA) is 19.6 Å². The Morgan fingerprint density at radius 2 is 0.545 bits per heavy atom. The van der Waals surface area contributed by atoms with Gasteiger partial charge in [0.1, 0.15) is 11.2 Å². The van der Waals surface area contributed by atoms with Crippen LogP contribution in [0.1, 0.15) is 0 Å². The number of furan rings is 1. The molecule has 2 aliphatic rings. The van der Waals surface area contributed by atoms with Crippen molar-refractivity contribution in [2.75, 3.05) is 9.80 Å². The van der Waals surface area contributed by atoms with Gasteiger partial charge >= 0.3 is 0 Å². The molecular formula is C72H50N2OSi2. The first kappa shape index (κ1) is 44.9. The normalized spacial score (nSPS) is 13.9. The Hall–Kier alpha value is -9.53. The van der Waals surface area contributed by atoms with Gasteiger partial charge in [-0.1, -0.05) is 243 Å². The second kappa shape index (κ2) is 18.1. The van der Waals surface area contributed by atoms with E-state index in [2.05, 4.69) is 313 Å². The molecule has 0 amide bonds. The number of fused-ring (bicyclic) bond motifs is 7. The Morgan fingerprint density at radius 1 is 0.234 bits per heavy atom. The van der Waals surface area contributed by atoms with Gasteiger partial charge in [0.25, 0.3) is 0 Å². The van der Waals surface area contributed by atoms with Crippen LogP contribution >= 0.6 is 0 Å². The highest BCUT2D eigenvalue weighted by Crippen LogP contribution is 2.45. The van der Waals surface area contributed by atoms with Crippen molar-refractivity contribution < 1.29 is 4.42 Å². The van der Waals surface area contributed by atoms with E-state index in [9.17, 15) is 0 Å². The fraction of sp³-hybridized carbons (Fsp3) is 0. The molecule has 0 atom stereocenters. The minimum absolute atomic E-state index is 0.856. The Labute approximate surface area is 450 Å². The Morgan fingerprint density at radius 3 is 0.909 bits per heavy atom. The van der Waals surface area contributed by atoms with Crippen molar-refractivity contribution in [2.45, 2.75) is 0 Å². The minimum atomic E-state index is -2.92. The van der Waals surface area contributed by atoms with Crippen molar-refractivity contribution >= 4 is 114 Å². The highest BCUT2D eigenvalue weighted by atomic mass is 28.3. The molecule has 0 radical (unpaired) electrons. The summed E-state index contributed by atoms with van der Waals surface area (Å²) < 4.78 is 6.82. The number of hydrogen-bond acceptors (Lipinski definition) is 3. The zero-order valence-corrected chi connectivity index (χ0v) is 44.2. The molecule has 0 fully saturated rings. The molecule has 0 aliphatic carbocycles. The summed E-state index contributed by atoms with van der Waals surface area (Å²) in [5.74, 6) is 0. The van der Waals surface area contributed by atoms with Gasteiger partial charge in [0, 0.05) is 44.9 Å². The largest absolute Gasteiger partial charge is 0.456 e. The van der Waals surface area contributed by atoms with Gasteiger partial charge in [-0.2, -0.15) is 0 Å². The summed E-state index contributed by atoms with van der Waals surface area (Å²) >= 11 is 0. The highest BCUT2D eigenvalue weighted by molar-refractivity contribution is 7.22. The maximum absolute atomic E-state index is 6.82. The van der Waals surface area contributed by atoms with Gasteiger partial charge in [0.15, 0.2) is 16.1 Å². The number of hydrogen-bond donors (Lipinski definition) is 0. The number of para-hydroxylation sites is 2. The van der Waals surface area contributed by atoms with Crippen LogP contribution in [0.15, 0.2) is 308 Å². The third-order valence-electron chi connectivity index (χ3n) is 16.4. The van der Waals surface area contributed by atoms with E-state index in [1.165, 1.54) is 86.5 Å². The molecule has 77 heavy (non-hydrogen) atoms. The summed E-state index contributed by atoms with van der Waals surface area (Å²) in [6, 6.07) is 113. The van der Waals surface area contributed by atoms with Crippen LogP contribution in [-0.4, -0.2) is 16.1 Å². The molecule has 0 saturated heterocycles. The Balaban J connectivity index is 0.947. The average molecular weight is 1020 g/mol. The average Bonchev–Trinajstić information content (AvgIpc) is 3.78. The fourth-order valence-corrected chi connectivity index (χ4v) is 23.4. The smallest absolute Gasteiger partial charge is 0.184 e. The van der Waals surface area contributed by atoms with Gasteiger partial charge in [-0.15, -0.1) is 0 Å². The predicted molar refractivity (Wildman–Crippen MR) is 328 cm³/mol. The van der Waals surface area contributed by atoms with E-state index in [1.807, 2.05) is 0 Å². The molecule has 12 aromatic carbocycles. The third kappa shape index (κ3) is 6.88. The van der Waals surface area contributed by atoms with E-state index in [1.54, 1.807) is 0 Å². The Kier molecular flexibility index (Phi) is 10.6. The van der Waals surface area contributed by atoms with Gasteiger partial charge in [-0.25, -0.2) is 0 Å². The van der Waals surface area contributed by atoms with Crippen LogP contribution in [0.25, 0.3) is 44.2 Å². The van der Waals surface area contributed by atoms with Gasteiger partial charge in [0.2, 0.25) is 0 Å². The highest BCUT2D eigenvalue weighted by Gasteiger charge is 2.50. The van der Waals surface area contributed by atoms with E-state index in [-0.39, 0.29) is 0 Å². The van der Waals surface area contributed by atoms with Crippen LogP contribution in [0.2, 0.25) is 0 Å². The lowest BCUT2D eigenvalue weighted by atomic mass is 10.0.